The largest absolute Gasteiger partial charge is 0.466 e. The smallest absolute Gasteiger partial charge is 0.327 e. The number of hydrogen-bond donors (Lipinski definition) is 4. The Hall–Kier alpha value is 0.0700. The molecule has 2 unspecified atom stereocenters. The lowest BCUT2D eigenvalue weighted by Gasteiger charge is -2.24. The third kappa shape index (κ3) is 42.2. The summed E-state index contributed by atoms with van der Waals surface area (Å²) in [5, 5.41) is 0. The summed E-state index contributed by atoms with van der Waals surface area (Å²) in [6, 6.07) is 0.456. The molecule has 0 fully saturated rings. The predicted molar refractivity (Wildman–Crippen MR) is 186 cm³/mol. The Bertz CT molecular complexity index is 534. The topological polar surface area (TPSA) is 104 Å². The van der Waals surface area contributed by atoms with Gasteiger partial charge in [0.05, 0.1) is 0 Å². The van der Waals surface area contributed by atoms with Gasteiger partial charge in [-0.3, -0.25) is 0 Å². The van der Waals surface area contributed by atoms with Gasteiger partial charge in [0.1, 0.15) is 0 Å². The Balaban J connectivity index is 0. The van der Waals surface area contributed by atoms with E-state index in [0.717, 1.165) is 5.92 Å². The Morgan fingerprint density at radius 2 is 0.595 bits per heavy atom. The quantitative estimate of drug-likeness (QED) is 0.0443. The van der Waals surface area contributed by atoms with Crippen LogP contribution in [0.4, 0.5) is 0 Å². The molecule has 42 heavy (non-hydrogen) atoms. The van der Waals surface area contributed by atoms with Crippen LogP contribution in [-0.2, 0) is 4.57 Å². The maximum Gasteiger partial charge on any atom is 0.466 e. The third-order valence-electron chi connectivity index (χ3n) is 8.85. The highest BCUT2D eigenvalue weighted by Crippen LogP contribution is 2.26. The molecule has 0 aliphatic rings. The summed E-state index contributed by atoms with van der Waals surface area (Å²) in [5.74, 6) is 0.785. The van der Waals surface area contributed by atoms with E-state index >= 15 is 0 Å². The molecule has 2 atom stereocenters. The summed E-state index contributed by atoms with van der Waals surface area (Å²) in [4.78, 5) is 21.6. The number of nitrogens with two attached hydrogens (primary N) is 1. The van der Waals surface area contributed by atoms with Crippen LogP contribution in [-0.4, -0.2) is 20.7 Å². The zero-order valence-electron chi connectivity index (χ0n) is 28.8. The molecule has 5 nitrogen and oxygen atoms in total. The molecule has 0 heterocycles. The van der Waals surface area contributed by atoms with E-state index in [2.05, 4.69) is 20.8 Å². The van der Waals surface area contributed by atoms with E-state index in [1.54, 1.807) is 0 Å². The zero-order chi connectivity index (χ0) is 31.6. The van der Waals surface area contributed by atoms with Gasteiger partial charge < -0.3 is 20.4 Å². The molecule has 0 amide bonds. The maximum absolute atomic E-state index is 8.88. The van der Waals surface area contributed by atoms with Crippen LogP contribution in [0, 0.1) is 5.92 Å². The van der Waals surface area contributed by atoms with Crippen LogP contribution in [0.3, 0.4) is 0 Å². The first-order valence-electron chi connectivity index (χ1n) is 18.8. The van der Waals surface area contributed by atoms with Crippen molar-refractivity contribution in [1.82, 2.24) is 0 Å². The molecule has 0 aromatic heterocycles. The van der Waals surface area contributed by atoms with Gasteiger partial charge in [-0.15, -0.1) is 0 Å². The monoisotopic (exact) mass is 620 g/mol. The normalized spacial score (nSPS) is 13.1. The van der Waals surface area contributed by atoms with Gasteiger partial charge in [-0.05, 0) is 25.2 Å². The minimum atomic E-state index is -4.64. The first-order valence-corrected chi connectivity index (χ1v) is 20.4. The fourth-order valence-electron chi connectivity index (χ4n) is 6.11. The van der Waals surface area contributed by atoms with Gasteiger partial charge in [0.25, 0.3) is 0 Å². The van der Waals surface area contributed by atoms with Crippen molar-refractivity contribution in [3.05, 3.63) is 0 Å². The fraction of sp³-hybridized carbons (Fsp3) is 1.00. The highest BCUT2D eigenvalue weighted by Gasteiger charge is 2.17. The molecule has 0 spiro atoms. The van der Waals surface area contributed by atoms with E-state index in [9.17, 15) is 0 Å². The van der Waals surface area contributed by atoms with Gasteiger partial charge in [0.2, 0.25) is 0 Å². The highest BCUT2D eigenvalue weighted by atomic mass is 31.2. The van der Waals surface area contributed by atoms with Gasteiger partial charge >= 0.3 is 7.82 Å². The second kappa shape index (κ2) is 35.5. The minimum absolute atomic E-state index is 0.456. The van der Waals surface area contributed by atoms with Gasteiger partial charge in [0, 0.05) is 6.04 Å². The number of hydrogen-bond acceptors (Lipinski definition) is 2. The van der Waals surface area contributed by atoms with Crippen molar-refractivity contribution in [2.75, 3.05) is 0 Å². The van der Waals surface area contributed by atoms with E-state index in [0.29, 0.717) is 6.04 Å². The summed E-state index contributed by atoms with van der Waals surface area (Å²) in [7, 11) is -4.64. The maximum atomic E-state index is 8.88. The van der Waals surface area contributed by atoms with E-state index in [4.69, 9.17) is 25.0 Å². The van der Waals surface area contributed by atoms with Crippen molar-refractivity contribution in [2.24, 2.45) is 11.7 Å². The highest BCUT2D eigenvalue weighted by molar-refractivity contribution is 7.45. The number of rotatable bonds is 32. The molecule has 0 saturated carbocycles. The molecule has 5 N–H and O–H groups in total. The summed E-state index contributed by atoms with van der Waals surface area (Å²) < 4.78 is 8.88. The predicted octanol–water partition coefficient (Wildman–Crippen LogP) is 12.2. The average Bonchev–Trinajstić information content (AvgIpc) is 2.94. The second-order valence-electron chi connectivity index (χ2n) is 13.1. The zero-order valence-corrected chi connectivity index (χ0v) is 29.7. The van der Waals surface area contributed by atoms with E-state index in [-0.39, 0.29) is 0 Å². The van der Waals surface area contributed by atoms with E-state index in [1.807, 2.05) is 0 Å². The standard InChI is InChI=1S/C36H75N.H3O4P/c1-4-7-10-13-16-19-22-24-27-30-33-35(32-29-26-23-20-17-14-11-8-5-2)36(37)34-31-28-25-21-18-15-12-9-6-3;1-5(2,3)4/h35-36H,4-34,37H2,1-3H3;(H3,1,2,3,4). The number of unbranched alkanes of at least 4 members (excludes halogenated alkanes) is 25. The van der Waals surface area contributed by atoms with E-state index < -0.39 is 7.82 Å². The third-order valence-corrected chi connectivity index (χ3v) is 8.85. The van der Waals surface area contributed by atoms with Crippen molar-refractivity contribution in [2.45, 2.75) is 226 Å². The molecule has 0 radical (unpaired) electrons. The Morgan fingerprint density at radius 3 is 0.833 bits per heavy atom. The molecule has 0 aliphatic heterocycles. The summed E-state index contributed by atoms with van der Waals surface area (Å²) in [5.41, 5.74) is 6.84. The molecule has 256 valence electrons. The van der Waals surface area contributed by atoms with Crippen molar-refractivity contribution in [3.63, 3.8) is 0 Å². The molecule has 0 aromatic carbocycles. The van der Waals surface area contributed by atoms with Crippen LogP contribution < -0.4 is 5.73 Å². The summed E-state index contributed by atoms with van der Waals surface area (Å²) in [6.07, 6.45) is 44.2. The van der Waals surface area contributed by atoms with Gasteiger partial charge in [0.15, 0.2) is 0 Å². The van der Waals surface area contributed by atoms with Crippen LogP contribution in [0.2, 0.25) is 0 Å². The fourth-order valence-corrected chi connectivity index (χ4v) is 6.11. The molecular formula is C36H78NO4P. The lowest BCUT2D eigenvalue weighted by atomic mass is 9.86. The van der Waals surface area contributed by atoms with Gasteiger partial charge in [-0.2, -0.15) is 0 Å². The lowest BCUT2D eigenvalue weighted by molar-refractivity contribution is 0.275. The van der Waals surface area contributed by atoms with Crippen molar-refractivity contribution in [1.29, 1.82) is 0 Å². The molecule has 0 saturated heterocycles. The van der Waals surface area contributed by atoms with Crippen LogP contribution in [0.15, 0.2) is 0 Å². The van der Waals surface area contributed by atoms with Gasteiger partial charge in [-0.25, -0.2) is 4.57 Å². The van der Waals surface area contributed by atoms with Crippen molar-refractivity contribution < 1.29 is 19.2 Å². The number of phosphoric acid groups is 1. The average molecular weight is 620 g/mol. The minimum Gasteiger partial charge on any atom is -0.327 e. The SMILES string of the molecule is CCCCCCCCCCCCC(CCCCCCCCCCC)C(N)CCCCCCCCCCC.O=P(O)(O)O. The van der Waals surface area contributed by atoms with Crippen molar-refractivity contribution in [3.8, 4) is 0 Å². The first-order chi connectivity index (χ1) is 20.3. The van der Waals surface area contributed by atoms with Crippen LogP contribution in [0.25, 0.3) is 0 Å². The molecule has 0 rings (SSSR count). The Kier molecular flexibility index (Phi) is 37.4. The Morgan fingerprint density at radius 1 is 0.405 bits per heavy atom. The van der Waals surface area contributed by atoms with Gasteiger partial charge in [-0.1, -0.05) is 201 Å². The molecule has 0 aliphatic carbocycles. The lowest BCUT2D eigenvalue weighted by Crippen LogP contribution is -2.30. The molecule has 0 aromatic rings. The summed E-state index contributed by atoms with van der Waals surface area (Å²) >= 11 is 0. The molecule has 0 bridgehead atoms. The van der Waals surface area contributed by atoms with Crippen LogP contribution in [0.1, 0.15) is 220 Å². The van der Waals surface area contributed by atoms with Crippen molar-refractivity contribution >= 4 is 7.82 Å². The Labute approximate surface area is 264 Å². The first kappa shape index (κ1) is 44.2. The second-order valence-corrected chi connectivity index (χ2v) is 14.2. The van der Waals surface area contributed by atoms with E-state index in [1.165, 1.54) is 199 Å². The van der Waals surface area contributed by atoms with Crippen LogP contribution >= 0.6 is 7.82 Å². The molecular weight excluding hydrogens is 541 g/mol. The van der Waals surface area contributed by atoms with Crippen LogP contribution in [0.5, 0.6) is 0 Å². The summed E-state index contributed by atoms with van der Waals surface area (Å²) in [6.45, 7) is 6.93. The molecule has 6 heteroatoms.